The predicted octanol–water partition coefficient (Wildman–Crippen LogP) is 3.24. The van der Waals surface area contributed by atoms with Gasteiger partial charge in [-0.25, -0.2) is 4.39 Å². The zero-order valence-corrected chi connectivity index (χ0v) is 11.1. The number of halogens is 2. The monoisotopic (exact) mass is 294 g/mol. The smallest absolute Gasteiger partial charge is 0.198 e. The molecular formula is C14H12ClFN2O2. The third kappa shape index (κ3) is 3.07. The van der Waals surface area contributed by atoms with Gasteiger partial charge in [0.25, 0.3) is 0 Å². The second kappa shape index (κ2) is 6.36. The van der Waals surface area contributed by atoms with E-state index in [1.165, 1.54) is 18.2 Å². The van der Waals surface area contributed by atoms with Crippen LogP contribution in [0.25, 0.3) is 0 Å². The van der Waals surface area contributed by atoms with Crippen molar-refractivity contribution >= 4 is 23.6 Å². The number of ether oxygens (including phenoxy) is 1. The highest BCUT2D eigenvalue weighted by Crippen LogP contribution is 2.31. The second-order valence-electron chi connectivity index (χ2n) is 3.97. The van der Waals surface area contributed by atoms with E-state index in [0.29, 0.717) is 23.3 Å². The molecule has 0 saturated heterocycles. The van der Waals surface area contributed by atoms with Gasteiger partial charge in [-0.15, -0.1) is 0 Å². The summed E-state index contributed by atoms with van der Waals surface area (Å²) < 4.78 is 19.0. The lowest BCUT2D eigenvalue weighted by Gasteiger charge is -2.16. The molecule has 0 bridgehead atoms. The van der Waals surface area contributed by atoms with Gasteiger partial charge in [-0.2, -0.15) is 0 Å². The van der Waals surface area contributed by atoms with Gasteiger partial charge in [-0.1, -0.05) is 29.8 Å². The molecule has 0 saturated carbocycles. The molecule has 3 N–H and O–H groups in total. The molecule has 0 aliphatic heterocycles. The fourth-order valence-corrected chi connectivity index (χ4v) is 1.88. The van der Waals surface area contributed by atoms with Gasteiger partial charge < -0.3 is 10.2 Å². The van der Waals surface area contributed by atoms with E-state index in [1.807, 2.05) is 0 Å². The molecule has 0 amide bonds. The molecule has 6 heteroatoms. The Morgan fingerprint density at radius 3 is 2.70 bits per heavy atom. The summed E-state index contributed by atoms with van der Waals surface area (Å²) in [6, 6.07) is 11.0. The maximum atomic E-state index is 13.5. The Balaban J connectivity index is 2.21. The molecule has 1 unspecified atom stereocenters. The lowest BCUT2D eigenvalue weighted by molar-refractivity contribution is 0.111. The van der Waals surface area contributed by atoms with Crippen LogP contribution in [0.4, 0.5) is 10.1 Å². The molecular weight excluding hydrogens is 283 g/mol. The van der Waals surface area contributed by atoms with Crippen molar-refractivity contribution in [3.63, 3.8) is 0 Å². The van der Waals surface area contributed by atoms with Crippen molar-refractivity contribution in [2.75, 3.05) is 5.43 Å². The number of para-hydroxylation sites is 2. The largest absolute Gasteiger partial charge is 0.468 e. The van der Waals surface area contributed by atoms with Crippen molar-refractivity contribution in [1.29, 1.82) is 0 Å². The Kier molecular flexibility index (Phi) is 4.55. The van der Waals surface area contributed by atoms with E-state index in [4.69, 9.17) is 22.2 Å². The number of nitrogen functional groups attached to an aromatic ring is 1. The number of hydrazine groups is 1. The summed E-state index contributed by atoms with van der Waals surface area (Å²) in [6.07, 6.45) is 0.441. The highest BCUT2D eigenvalue weighted by atomic mass is 35.5. The van der Waals surface area contributed by atoms with Gasteiger partial charge in [0.05, 0.1) is 11.3 Å². The van der Waals surface area contributed by atoms with E-state index in [9.17, 15) is 9.18 Å². The Hall–Kier alpha value is -2.11. The number of nitrogens with one attached hydrogen (secondary N) is 1. The maximum Gasteiger partial charge on any atom is 0.198 e. The standard InChI is InChI=1S/C14H12ClFN2O2/c15-14(9-5-6-10(8-19)11(16)7-9)20-13-4-2-1-3-12(13)18-17/h1-8,14,18H,17H2. The van der Waals surface area contributed by atoms with Crippen LogP contribution in [-0.2, 0) is 0 Å². The van der Waals surface area contributed by atoms with Gasteiger partial charge in [0, 0.05) is 5.56 Å². The van der Waals surface area contributed by atoms with Crippen LogP contribution in [0, 0.1) is 5.82 Å². The third-order valence-electron chi connectivity index (χ3n) is 2.69. The number of hydrogen-bond acceptors (Lipinski definition) is 4. The van der Waals surface area contributed by atoms with Crippen molar-refractivity contribution in [1.82, 2.24) is 0 Å². The molecule has 4 nitrogen and oxygen atoms in total. The Labute approximate surface area is 120 Å². The number of carbonyl (C=O) groups excluding carboxylic acids is 1. The van der Waals surface area contributed by atoms with Gasteiger partial charge in [-0.05, 0) is 24.3 Å². The van der Waals surface area contributed by atoms with E-state index in [2.05, 4.69) is 5.43 Å². The quantitative estimate of drug-likeness (QED) is 0.384. The van der Waals surface area contributed by atoms with Crippen molar-refractivity contribution in [2.45, 2.75) is 5.56 Å². The first-order valence-electron chi connectivity index (χ1n) is 5.76. The molecule has 0 fully saturated rings. The number of alkyl halides is 1. The highest BCUT2D eigenvalue weighted by Gasteiger charge is 2.14. The lowest BCUT2D eigenvalue weighted by atomic mass is 10.1. The average Bonchev–Trinajstić information content (AvgIpc) is 2.47. The number of rotatable bonds is 5. The third-order valence-corrected chi connectivity index (χ3v) is 3.03. The van der Waals surface area contributed by atoms with E-state index in [0.717, 1.165) is 0 Å². The SMILES string of the molecule is NNc1ccccc1OC(Cl)c1ccc(C=O)c(F)c1. The number of anilines is 1. The number of carbonyl (C=O) groups is 1. The number of aldehydes is 1. The molecule has 0 radical (unpaired) electrons. The summed E-state index contributed by atoms with van der Waals surface area (Å²) >= 11 is 6.09. The number of nitrogens with two attached hydrogens (primary N) is 1. The number of benzene rings is 2. The molecule has 0 spiro atoms. The first kappa shape index (κ1) is 14.3. The molecule has 0 aromatic heterocycles. The van der Waals surface area contributed by atoms with Gasteiger partial charge in [0.2, 0.25) is 0 Å². The van der Waals surface area contributed by atoms with Crippen molar-refractivity contribution in [3.8, 4) is 5.75 Å². The van der Waals surface area contributed by atoms with Crippen LogP contribution in [-0.4, -0.2) is 6.29 Å². The topological polar surface area (TPSA) is 64.3 Å². The normalized spacial score (nSPS) is 11.8. The van der Waals surface area contributed by atoms with E-state index in [-0.39, 0.29) is 5.56 Å². The fourth-order valence-electron chi connectivity index (χ4n) is 1.65. The van der Waals surface area contributed by atoms with Crippen LogP contribution in [0.1, 0.15) is 21.5 Å². The molecule has 2 aromatic carbocycles. The van der Waals surface area contributed by atoms with E-state index >= 15 is 0 Å². The summed E-state index contributed by atoms with van der Waals surface area (Å²) in [5.41, 5.74) is 2.51. The van der Waals surface area contributed by atoms with Gasteiger partial charge in [-0.3, -0.25) is 10.6 Å². The van der Waals surface area contributed by atoms with Crippen LogP contribution in [0.5, 0.6) is 5.75 Å². The van der Waals surface area contributed by atoms with Crippen LogP contribution >= 0.6 is 11.6 Å². The summed E-state index contributed by atoms with van der Waals surface area (Å²) in [5.74, 6) is 5.15. The van der Waals surface area contributed by atoms with Crippen LogP contribution < -0.4 is 16.0 Å². The minimum Gasteiger partial charge on any atom is -0.468 e. The van der Waals surface area contributed by atoms with Crippen LogP contribution in [0.3, 0.4) is 0 Å². The average molecular weight is 295 g/mol. The zero-order chi connectivity index (χ0) is 14.5. The highest BCUT2D eigenvalue weighted by molar-refractivity contribution is 6.20. The van der Waals surface area contributed by atoms with Crippen molar-refractivity contribution < 1.29 is 13.9 Å². The van der Waals surface area contributed by atoms with Crippen LogP contribution in [0.15, 0.2) is 42.5 Å². The van der Waals surface area contributed by atoms with E-state index in [1.54, 1.807) is 24.3 Å². The maximum absolute atomic E-state index is 13.5. The van der Waals surface area contributed by atoms with Crippen molar-refractivity contribution in [3.05, 3.63) is 59.4 Å². The van der Waals surface area contributed by atoms with Gasteiger partial charge in [0.1, 0.15) is 11.6 Å². The van der Waals surface area contributed by atoms with Crippen LogP contribution in [0.2, 0.25) is 0 Å². The molecule has 20 heavy (non-hydrogen) atoms. The first-order valence-corrected chi connectivity index (χ1v) is 6.20. The summed E-state index contributed by atoms with van der Waals surface area (Å²) in [4.78, 5) is 10.6. The molecule has 0 aliphatic carbocycles. The Bertz CT molecular complexity index is 622. The lowest BCUT2D eigenvalue weighted by Crippen LogP contribution is -2.10. The molecule has 0 heterocycles. The second-order valence-corrected chi connectivity index (χ2v) is 4.37. The Morgan fingerprint density at radius 1 is 1.30 bits per heavy atom. The molecule has 2 rings (SSSR count). The first-order chi connectivity index (χ1) is 9.65. The molecule has 1 atom stereocenters. The number of hydrogen-bond donors (Lipinski definition) is 2. The minimum absolute atomic E-state index is 0.0263. The molecule has 0 aliphatic rings. The fraction of sp³-hybridized carbons (Fsp3) is 0.0714. The van der Waals surface area contributed by atoms with E-state index < -0.39 is 11.4 Å². The van der Waals surface area contributed by atoms with Gasteiger partial charge >= 0.3 is 0 Å². The predicted molar refractivity (Wildman–Crippen MR) is 75.3 cm³/mol. The minimum atomic E-state index is -0.903. The molecule has 2 aromatic rings. The van der Waals surface area contributed by atoms with Crippen molar-refractivity contribution in [2.24, 2.45) is 5.84 Å². The van der Waals surface area contributed by atoms with Gasteiger partial charge in [0.15, 0.2) is 11.8 Å². The summed E-state index contributed by atoms with van der Waals surface area (Å²) in [7, 11) is 0. The summed E-state index contributed by atoms with van der Waals surface area (Å²) in [5, 5.41) is 0. The molecule has 104 valence electrons. The zero-order valence-electron chi connectivity index (χ0n) is 10.3. The Morgan fingerprint density at radius 2 is 2.05 bits per heavy atom. The summed E-state index contributed by atoms with van der Waals surface area (Å²) in [6.45, 7) is 0.